The Bertz CT molecular complexity index is 591. The van der Waals surface area contributed by atoms with Crippen LogP contribution in [0.1, 0.15) is 18.9 Å². The van der Waals surface area contributed by atoms with E-state index in [1.165, 1.54) is 0 Å². The van der Waals surface area contributed by atoms with Crippen LogP contribution in [0.2, 0.25) is 0 Å². The summed E-state index contributed by atoms with van der Waals surface area (Å²) in [4.78, 5) is 0. The highest BCUT2D eigenvalue weighted by Crippen LogP contribution is 2.35. The van der Waals surface area contributed by atoms with Crippen molar-refractivity contribution < 1.29 is 13.9 Å². The third kappa shape index (κ3) is 3.65. The molecule has 1 aromatic carbocycles. The van der Waals surface area contributed by atoms with Gasteiger partial charge in [0.15, 0.2) is 11.5 Å². The maximum absolute atomic E-state index is 5.84. The quantitative estimate of drug-likeness (QED) is 0.596. The molecule has 1 aromatic heterocycles. The lowest BCUT2D eigenvalue weighted by molar-refractivity contribution is 0.0686. The Balaban J connectivity index is 1.59. The SMILES string of the molecule is CCSCCSc1nnc([C@H]2COc3ccccc3O2)o1. The van der Waals surface area contributed by atoms with Gasteiger partial charge in [0.05, 0.1) is 0 Å². The van der Waals surface area contributed by atoms with Crippen LogP contribution in [0.3, 0.4) is 0 Å². The Labute approximate surface area is 131 Å². The fourth-order valence-corrected chi connectivity index (χ4v) is 3.39. The third-order valence-electron chi connectivity index (χ3n) is 2.86. The molecule has 0 N–H and O–H groups in total. The minimum atomic E-state index is -0.341. The molecule has 0 bridgehead atoms. The molecular weight excluding hydrogens is 308 g/mol. The minimum absolute atomic E-state index is 0.341. The molecule has 0 amide bonds. The number of rotatable bonds is 6. The predicted molar refractivity (Wildman–Crippen MR) is 83.3 cm³/mol. The van der Waals surface area contributed by atoms with Gasteiger partial charge in [0.25, 0.3) is 11.1 Å². The second-order valence-electron chi connectivity index (χ2n) is 4.32. The molecule has 0 saturated heterocycles. The van der Waals surface area contributed by atoms with Crippen molar-refractivity contribution in [2.24, 2.45) is 0 Å². The number of thioether (sulfide) groups is 2. The zero-order valence-corrected chi connectivity index (χ0v) is 13.3. The number of aromatic nitrogens is 2. The van der Waals surface area contributed by atoms with Crippen molar-refractivity contribution in [1.82, 2.24) is 10.2 Å². The highest BCUT2D eigenvalue weighted by molar-refractivity contribution is 8.02. The van der Waals surface area contributed by atoms with Crippen LogP contribution in [0, 0.1) is 0 Å². The molecule has 2 aromatic rings. The molecule has 2 heterocycles. The Morgan fingerprint density at radius 3 is 2.90 bits per heavy atom. The smallest absolute Gasteiger partial charge is 0.276 e. The van der Waals surface area contributed by atoms with E-state index in [2.05, 4.69) is 17.1 Å². The standard InChI is InChI=1S/C14H16N2O3S2/c1-2-20-7-8-21-14-16-15-13(19-14)12-9-17-10-5-3-4-6-11(10)18-12/h3-6,12H,2,7-9H2,1H3/t12-/m1/s1. The molecule has 1 aliphatic rings. The number of ether oxygens (including phenoxy) is 2. The number of benzene rings is 1. The lowest BCUT2D eigenvalue weighted by Crippen LogP contribution is -2.21. The Hall–Kier alpha value is -1.34. The average molecular weight is 324 g/mol. The van der Waals surface area contributed by atoms with Gasteiger partial charge in [-0.25, -0.2) is 0 Å². The van der Waals surface area contributed by atoms with Gasteiger partial charge in [-0.3, -0.25) is 0 Å². The van der Waals surface area contributed by atoms with Gasteiger partial charge in [-0.1, -0.05) is 30.8 Å². The number of hydrogen-bond acceptors (Lipinski definition) is 7. The summed E-state index contributed by atoms with van der Waals surface area (Å²) < 4.78 is 17.1. The van der Waals surface area contributed by atoms with Crippen LogP contribution in [0.25, 0.3) is 0 Å². The van der Waals surface area contributed by atoms with Gasteiger partial charge in [0, 0.05) is 11.5 Å². The molecule has 21 heavy (non-hydrogen) atoms. The van der Waals surface area contributed by atoms with E-state index in [9.17, 15) is 0 Å². The van der Waals surface area contributed by atoms with Crippen molar-refractivity contribution in [3.05, 3.63) is 30.2 Å². The van der Waals surface area contributed by atoms with Gasteiger partial charge in [-0.05, 0) is 17.9 Å². The topological polar surface area (TPSA) is 57.4 Å². The predicted octanol–water partition coefficient (Wildman–Crippen LogP) is 3.43. The Kier molecular flexibility index (Phi) is 4.92. The van der Waals surface area contributed by atoms with Crippen LogP contribution in [-0.2, 0) is 0 Å². The molecule has 5 nitrogen and oxygen atoms in total. The first kappa shape index (κ1) is 14.6. The number of hydrogen-bond donors (Lipinski definition) is 0. The minimum Gasteiger partial charge on any atom is -0.485 e. The van der Waals surface area contributed by atoms with Crippen LogP contribution in [0.15, 0.2) is 33.9 Å². The Morgan fingerprint density at radius 1 is 1.19 bits per heavy atom. The first-order valence-corrected chi connectivity index (χ1v) is 8.93. The van der Waals surface area contributed by atoms with Crippen molar-refractivity contribution >= 4 is 23.5 Å². The van der Waals surface area contributed by atoms with Crippen LogP contribution in [-0.4, -0.2) is 34.1 Å². The van der Waals surface area contributed by atoms with E-state index in [0.717, 1.165) is 23.0 Å². The molecule has 0 unspecified atom stereocenters. The van der Waals surface area contributed by atoms with E-state index >= 15 is 0 Å². The molecule has 0 spiro atoms. The van der Waals surface area contributed by atoms with Crippen LogP contribution >= 0.6 is 23.5 Å². The monoisotopic (exact) mass is 324 g/mol. The van der Waals surface area contributed by atoms with Crippen LogP contribution < -0.4 is 9.47 Å². The lowest BCUT2D eigenvalue weighted by atomic mass is 10.2. The molecule has 0 saturated carbocycles. The van der Waals surface area contributed by atoms with Crippen LogP contribution in [0.5, 0.6) is 11.5 Å². The van der Waals surface area contributed by atoms with E-state index in [1.807, 2.05) is 36.0 Å². The summed E-state index contributed by atoms with van der Waals surface area (Å²) in [6.07, 6.45) is -0.341. The van der Waals surface area contributed by atoms with Crippen LogP contribution in [0.4, 0.5) is 0 Å². The van der Waals surface area contributed by atoms with E-state index in [1.54, 1.807) is 11.8 Å². The molecule has 112 valence electrons. The summed E-state index contributed by atoms with van der Waals surface area (Å²) in [5.41, 5.74) is 0. The van der Waals surface area contributed by atoms with Crippen molar-refractivity contribution in [3.8, 4) is 11.5 Å². The largest absolute Gasteiger partial charge is 0.485 e. The number of fused-ring (bicyclic) bond motifs is 1. The maximum Gasteiger partial charge on any atom is 0.276 e. The van der Waals surface area contributed by atoms with E-state index in [-0.39, 0.29) is 6.10 Å². The van der Waals surface area contributed by atoms with Gasteiger partial charge in [0.1, 0.15) is 6.61 Å². The zero-order valence-electron chi connectivity index (χ0n) is 11.7. The molecule has 3 rings (SSSR count). The fraction of sp³-hybridized carbons (Fsp3) is 0.429. The molecule has 0 aliphatic carbocycles. The van der Waals surface area contributed by atoms with Crippen molar-refractivity contribution in [1.29, 1.82) is 0 Å². The van der Waals surface area contributed by atoms with Gasteiger partial charge in [0.2, 0.25) is 6.10 Å². The van der Waals surface area contributed by atoms with Gasteiger partial charge in [-0.15, -0.1) is 10.2 Å². The van der Waals surface area contributed by atoms with Crippen molar-refractivity contribution in [2.75, 3.05) is 23.9 Å². The molecule has 0 fully saturated rings. The molecule has 0 radical (unpaired) electrons. The van der Waals surface area contributed by atoms with Gasteiger partial charge >= 0.3 is 0 Å². The number of para-hydroxylation sites is 2. The van der Waals surface area contributed by atoms with Gasteiger partial charge < -0.3 is 13.9 Å². The summed E-state index contributed by atoms with van der Waals surface area (Å²) in [5, 5.41) is 8.70. The molecule has 1 atom stereocenters. The maximum atomic E-state index is 5.84. The summed E-state index contributed by atoms with van der Waals surface area (Å²) in [5.74, 6) is 5.10. The fourth-order valence-electron chi connectivity index (χ4n) is 1.88. The second kappa shape index (κ2) is 7.09. The molecule has 1 aliphatic heterocycles. The summed E-state index contributed by atoms with van der Waals surface area (Å²) >= 11 is 3.47. The summed E-state index contributed by atoms with van der Waals surface area (Å²) in [6, 6.07) is 7.57. The van der Waals surface area contributed by atoms with Gasteiger partial charge in [-0.2, -0.15) is 11.8 Å². The first-order chi connectivity index (χ1) is 10.4. The molecular formula is C14H16N2O3S2. The van der Waals surface area contributed by atoms with E-state index < -0.39 is 0 Å². The highest BCUT2D eigenvalue weighted by atomic mass is 32.2. The summed E-state index contributed by atoms with van der Waals surface area (Å²) in [6.45, 7) is 2.54. The Morgan fingerprint density at radius 2 is 2.05 bits per heavy atom. The normalized spacial score (nSPS) is 16.9. The van der Waals surface area contributed by atoms with Crippen molar-refractivity contribution in [3.63, 3.8) is 0 Å². The zero-order chi connectivity index (χ0) is 14.5. The lowest BCUT2D eigenvalue weighted by Gasteiger charge is -2.23. The second-order valence-corrected chi connectivity index (χ2v) is 6.76. The van der Waals surface area contributed by atoms with Crippen molar-refractivity contribution in [2.45, 2.75) is 18.3 Å². The number of nitrogens with zero attached hydrogens (tertiary/aromatic N) is 2. The summed E-state index contributed by atoms with van der Waals surface area (Å²) in [7, 11) is 0. The highest BCUT2D eigenvalue weighted by Gasteiger charge is 2.27. The van der Waals surface area contributed by atoms with E-state index in [0.29, 0.717) is 23.5 Å². The third-order valence-corrected chi connectivity index (χ3v) is 4.84. The average Bonchev–Trinajstić information content (AvgIpc) is 3.00. The first-order valence-electron chi connectivity index (χ1n) is 6.79. The molecule has 7 heteroatoms. The van der Waals surface area contributed by atoms with E-state index in [4.69, 9.17) is 13.9 Å².